The third-order valence-electron chi connectivity index (χ3n) is 12.3. The average molecular weight is 902 g/mol. The molecular weight excluding hydrogens is 852 g/mol. The van der Waals surface area contributed by atoms with E-state index < -0.39 is 24.3 Å². The van der Waals surface area contributed by atoms with Gasteiger partial charge < -0.3 is 54.4 Å². The zero-order valence-electron chi connectivity index (χ0n) is 35.8. The van der Waals surface area contributed by atoms with Gasteiger partial charge in [0.25, 0.3) is 0 Å². The molecule has 3 saturated heterocycles. The summed E-state index contributed by atoms with van der Waals surface area (Å²) < 4.78 is 50.0. The number of ether oxygens (including phenoxy) is 3. The number of aliphatic hydroxyl groups is 1. The van der Waals surface area contributed by atoms with E-state index >= 15 is 0 Å². The Morgan fingerprint density at radius 2 is 1.66 bits per heavy atom. The summed E-state index contributed by atoms with van der Waals surface area (Å²) in [7, 11) is 6.07. The highest BCUT2D eigenvalue weighted by Gasteiger charge is 2.70. The Balaban J connectivity index is 0.000000833. The third-order valence-corrected chi connectivity index (χ3v) is 12.3. The molecule has 5 aromatic rings. The first kappa shape index (κ1) is 46.5. The summed E-state index contributed by atoms with van der Waals surface area (Å²) in [6.07, 6.45) is -3.06. The van der Waals surface area contributed by atoms with E-state index in [9.17, 15) is 37.8 Å². The van der Waals surface area contributed by atoms with Crippen molar-refractivity contribution in [1.29, 1.82) is 0 Å². The molecule has 0 saturated carbocycles. The number of amides is 2. The number of aromatic amines is 1. The molecule has 6 N–H and O–H groups in total. The van der Waals surface area contributed by atoms with Crippen LogP contribution in [0.4, 0.5) is 29.3 Å². The lowest BCUT2D eigenvalue weighted by Gasteiger charge is -2.45. The normalized spacial score (nSPS) is 20.7. The minimum Gasteiger partial charge on any atom is -0.542 e. The number of carbonyl (C=O) groups is 3. The Morgan fingerprint density at radius 3 is 2.34 bits per heavy atom. The van der Waals surface area contributed by atoms with Crippen molar-refractivity contribution in [2.45, 2.75) is 81.3 Å². The molecule has 0 spiro atoms. The number of nitrogens with zero attached hydrogens (tertiary/aromatic N) is 1. The fourth-order valence-corrected chi connectivity index (χ4v) is 8.96. The number of morpholine rings is 1. The van der Waals surface area contributed by atoms with E-state index in [0.29, 0.717) is 66.0 Å². The molecule has 0 radical (unpaired) electrons. The Morgan fingerprint density at radius 1 is 0.954 bits per heavy atom. The molecule has 0 aliphatic carbocycles. The number of anilines is 2. The molecule has 344 valence electrons. The van der Waals surface area contributed by atoms with Crippen LogP contribution in [0.5, 0.6) is 11.5 Å². The number of phenolic OH excluding ortho intramolecular Hbond substituents is 1. The van der Waals surface area contributed by atoms with Crippen molar-refractivity contribution in [3.63, 3.8) is 0 Å². The molecule has 3 aliphatic heterocycles. The van der Waals surface area contributed by atoms with E-state index in [-0.39, 0.29) is 47.6 Å². The van der Waals surface area contributed by atoms with Crippen molar-refractivity contribution in [1.82, 2.24) is 10.3 Å². The van der Waals surface area contributed by atoms with Crippen molar-refractivity contribution in [3.05, 3.63) is 118 Å². The minimum absolute atomic E-state index is 0.0679. The van der Waals surface area contributed by atoms with Gasteiger partial charge in [0.1, 0.15) is 47.9 Å². The molecule has 3 fully saturated rings. The van der Waals surface area contributed by atoms with Gasteiger partial charge in [-0.2, -0.15) is 13.2 Å². The summed E-state index contributed by atoms with van der Waals surface area (Å²) in [4.78, 5) is 49.5. The number of carboxylic acids is 1. The first-order valence-electron chi connectivity index (χ1n) is 21.1. The number of aryl methyl sites for hydroxylation is 1. The van der Waals surface area contributed by atoms with Crippen LogP contribution in [0.2, 0.25) is 0 Å². The number of likely N-dealkylation sites (N-methyl/N-ethyl adjacent to an activating group) is 1. The van der Waals surface area contributed by atoms with Crippen molar-refractivity contribution in [2.75, 3.05) is 38.4 Å². The van der Waals surface area contributed by atoms with E-state index in [1.165, 1.54) is 12.1 Å². The number of aliphatic hydroxyl groups excluding tert-OH is 1. The summed E-state index contributed by atoms with van der Waals surface area (Å²) >= 11 is 0. The molecule has 15 nitrogen and oxygen atoms in total. The van der Waals surface area contributed by atoms with Crippen LogP contribution >= 0.6 is 0 Å². The molecule has 18 heteroatoms. The maximum Gasteiger partial charge on any atom is 0.430 e. The predicted molar refractivity (Wildman–Crippen MR) is 232 cm³/mol. The van der Waals surface area contributed by atoms with Gasteiger partial charge in [-0.1, -0.05) is 54.6 Å². The van der Waals surface area contributed by atoms with Crippen LogP contribution < -0.4 is 31.4 Å². The highest BCUT2D eigenvalue weighted by molar-refractivity contribution is 5.92. The van der Waals surface area contributed by atoms with Gasteiger partial charge in [-0.15, -0.1) is 0 Å². The lowest BCUT2D eigenvalue weighted by atomic mass is 9.96. The molecule has 4 heterocycles. The molecule has 4 aromatic carbocycles. The predicted octanol–water partition coefficient (Wildman–Crippen LogP) is 5.30. The molecule has 3 aliphatic rings. The standard InChI is InChI=1S/C45H49N5O8.C2HF3O2/c1-50(2)35-22-30(23-36(50)44-43(35)58-44)57-45(55)48-34-20-26(12-15-31(34)27-9-5-4-6-10-27)8-7-11-40(53)47-29-14-13-28(39(21-29)56-3)24-46-25-38(52)32-16-18-37(51)42-33(32)17-19-41(54)49-42;3-2(4,5)1(6)7/h4-6,9-10,12-21,30,35-36,38,43-44,46,52H,7-8,11,22-25H2,1-3H3,(H3-,47,48,49,51,53,54,55);(H,6,7)/t30?,35-,36+,38-,43-,44+;/m0./s1. The zero-order chi connectivity index (χ0) is 46.6. The van der Waals surface area contributed by atoms with E-state index in [0.717, 1.165) is 39.6 Å². The first-order chi connectivity index (χ1) is 30.9. The number of carbonyl (C=O) groups excluding carboxylic acids is 3. The molecule has 2 bridgehead atoms. The maximum atomic E-state index is 13.3. The average Bonchev–Trinajstić information content (AvgIpc) is 4.03. The molecule has 1 aromatic heterocycles. The number of piperidine rings is 1. The largest absolute Gasteiger partial charge is 0.542 e. The number of rotatable bonds is 14. The van der Waals surface area contributed by atoms with Crippen molar-refractivity contribution >= 4 is 40.2 Å². The third kappa shape index (κ3) is 10.9. The van der Waals surface area contributed by atoms with Crippen molar-refractivity contribution in [2.24, 2.45) is 0 Å². The number of hydrogen-bond acceptors (Lipinski definition) is 11. The van der Waals surface area contributed by atoms with Crippen LogP contribution in [0.25, 0.3) is 22.0 Å². The molecule has 65 heavy (non-hydrogen) atoms. The van der Waals surface area contributed by atoms with Crippen LogP contribution in [-0.4, -0.2) is 102 Å². The number of epoxide rings is 1. The SMILES string of the molecule is COc1cc(NC(=O)CCCc2ccc(-c3ccccc3)c(NC(=O)OC3C[C@@H]4[C@H]5O[C@H]5[C@H](C3)[N+]4(C)C)c2)ccc1CNC[C@H](O)c1ccc(O)c2[nH]c(=O)ccc12.O=C([O-])C(F)(F)F. The number of fused-ring (bicyclic) bond motifs is 6. The first-order valence-corrected chi connectivity index (χ1v) is 21.1. The van der Waals surface area contributed by atoms with Gasteiger partial charge >= 0.3 is 12.3 Å². The van der Waals surface area contributed by atoms with Gasteiger partial charge in [0.05, 0.1) is 38.5 Å². The number of nitrogens with one attached hydrogen (secondary N) is 4. The van der Waals surface area contributed by atoms with Crippen LogP contribution in [0.1, 0.15) is 48.5 Å². The number of hydrogen-bond donors (Lipinski definition) is 6. The van der Waals surface area contributed by atoms with E-state index in [4.69, 9.17) is 24.1 Å². The lowest BCUT2D eigenvalue weighted by Crippen LogP contribution is -2.60. The Labute approximate surface area is 371 Å². The van der Waals surface area contributed by atoms with Crippen LogP contribution in [-0.2, 0) is 32.0 Å². The number of halogens is 3. The van der Waals surface area contributed by atoms with Gasteiger partial charge in [-0.3, -0.25) is 14.9 Å². The van der Waals surface area contributed by atoms with Crippen LogP contribution in [0, 0.1) is 0 Å². The van der Waals surface area contributed by atoms with Crippen molar-refractivity contribution in [3.8, 4) is 22.6 Å². The number of methoxy groups -OCH3 is 1. The van der Waals surface area contributed by atoms with Gasteiger partial charge in [0, 0.05) is 66.7 Å². The lowest BCUT2D eigenvalue weighted by molar-refractivity contribution is -0.938. The summed E-state index contributed by atoms with van der Waals surface area (Å²) in [5.74, 6) is -2.63. The summed E-state index contributed by atoms with van der Waals surface area (Å²) in [5, 5.41) is 39.7. The minimum atomic E-state index is -5.19. The summed E-state index contributed by atoms with van der Waals surface area (Å²) in [6.45, 7) is 0.585. The maximum absolute atomic E-state index is 13.3. The number of benzene rings is 4. The Kier molecular flexibility index (Phi) is 13.8. The number of aliphatic carboxylic acids is 1. The summed E-state index contributed by atoms with van der Waals surface area (Å²) in [5.41, 5.74) is 5.47. The number of phenols is 1. The number of carboxylic acid groups (broad SMARTS) is 1. The molecule has 1 unspecified atom stereocenters. The number of H-pyrrole nitrogens is 1. The second kappa shape index (κ2) is 19.3. The smallest absolute Gasteiger partial charge is 0.430 e. The second-order valence-corrected chi connectivity index (χ2v) is 16.8. The summed E-state index contributed by atoms with van der Waals surface area (Å²) in [6, 6.07) is 28.1. The van der Waals surface area contributed by atoms with E-state index in [1.54, 1.807) is 25.3 Å². The van der Waals surface area contributed by atoms with Gasteiger partial charge in [-0.25, -0.2) is 4.79 Å². The van der Waals surface area contributed by atoms with Gasteiger partial charge in [0.15, 0.2) is 0 Å². The fourth-order valence-electron chi connectivity index (χ4n) is 8.96. The Bertz CT molecular complexity index is 2590. The number of alkyl halides is 3. The van der Waals surface area contributed by atoms with Gasteiger partial charge in [0.2, 0.25) is 11.5 Å². The highest BCUT2D eigenvalue weighted by Crippen LogP contribution is 2.51. The van der Waals surface area contributed by atoms with Crippen LogP contribution in [0.3, 0.4) is 0 Å². The topological polar surface area (TPSA) is 215 Å². The number of pyridine rings is 1. The number of aromatic hydroxyl groups is 1. The van der Waals surface area contributed by atoms with Gasteiger partial charge in [-0.05, 0) is 53.8 Å². The van der Waals surface area contributed by atoms with Crippen molar-refractivity contribution < 1.29 is 61.6 Å². The van der Waals surface area contributed by atoms with E-state index in [2.05, 4.69) is 35.0 Å². The van der Waals surface area contributed by atoms with E-state index in [1.807, 2.05) is 60.7 Å². The fraction of sp³-hybridized carbons (Fsp3) is 0.362. The second-order valence-electron chi connectivity index (χ2n) is 16.8. The quantitative estimate of drug-likeness (QED) is 0.0622. The highest BCUT2D eigenvalue weighted by atomic mass is 19.4. The number of aromatic nitrogens is 1. The monoisotopic (exact) mass is 901 g/mol. The molecule has 8 rings (SSSR count). The number of quaternary nitrogens is 1. The molecule has 2 amide bonds. The zero-order valence-corrected chi connectivity index (χ0v) is 35.8. The Hall–Kier alpha value is -6.47. The molecular formula is C47H50F3N5O10. The molecule has 6 atom stereocenters. The van der Waals surface area contributed by atoms with Crippen LogP contribution in [0.15, 0.2) is 95.8 Å².